The van der Waals surface area contributed by atoms with Gasteiger partial charge in [0.05, 0.1) is 6.04 Å². The first-order valence-corrected chi connectivity index (χ1v) is 14.5. The number of alkyl halides is 3. The van der Waals surface area contributed by atoms with Crippen molar-refractivity contribution in [3.05, 3.63) is 119 Å². The number of halogens is 3. The topological polar surface area (TPSA) is 92.7 Å². The Balaban J connectivity index is 1.46. The zero-order valence-corrected chi connectivity index (χ0v) is 24.3. The van der Waals surface area contributed by atoms with Crippen LogP contribution in [0.2, 0.25) is 0 Å². The molecule has 2 atom stereocenters. The summed E-state index contributed by atoms with van der Waals surface area (Å²) in [6.45, 7) is 4.31. The zero-order valence-electron chi connectivity index (χ0n) is 23.5. The third kappa shape index (κ3) is 7.12. The van der Waals surface area contributed by atoms with Gasteiger partial charge < -0.3 is 10.6 Å². The second-order valence-electron chi connectivity index (χ2n) is 9.87. The van der Waals surface area contributed by atoms with E-state index < -0.39 is 28.7 Å². The van der Waals surface area contributed by atoms with Gasteiger partial charge in [0, 0.05) is 37.0 Å². The first kappa shape index (κ1) is 30.0. The molecule has 0 saturated heterocycles. The summed E-state index contributed by atoms with van der Waals surface area (Å²) in [4.78, 5) is 29.4. The van der Waals surface area contributed by atoms with Crippen LogP contribution in [-0.2, 0) is 12.6 Å². The number of thiazole rings is 1. The molecular weight excluding hydrogens is 573 g/mol. The Labute approximate surface area is 251 Å². The number of likely N-dealkylation sites (N-methyl/N-ethyl adjacent to an activating group) is 1. The SMILES string of the molecule is CCNC(Cc1ccncc1)c1cccnc1-c1nc(C(F)(F)F)c(C(=O)N[C@@H](C)c2cccc(-c3cccnc3)c2)s1. The number of pyridine rings is 3. The molecule has 0 aliphatic heterocycles. The molecule has 1 unspecified atom stereocenters. The van der Waals surface area contributed by atoms with Crippen molar-refractivity contribution in [1.29, 1.82) is 0 Å². The fraction of sp³-hybridized carbons (Fsp3) is 0.219. The number of aromatic nitrogens is 4. The summed E-state index contributed by atoms with van der Waals surface area (Å²) >= 11 is 0.689. The summed E-state index contributed by atoms with van der Waals surface area (Å²) < 4.78 is 42.7. The predicted molar refractivity (Wildman–Crippen MR) is 160 cm³/mol. The van der Waals surface area contributed by atoms with Crippen molar-refractivity contribution in [2.75, 3.05) is 6.54 Å². The van der Waals surface area contributed by atoms with Crippen molar-refractivity contribution >= 4 is 17.2 Å². The average molecular weight is 603 g/mol. The van der Waals surface area contributed by atoms with E-state index >= 15 is 0 Å². The summed E-state index contributed by atoms with van der Waals surface area (Å²) in [6, 6.07) is 17.7. The molecule has 0 radical (unpaired) electrons. The van der Waals surface area contributed by atoms with E-state index in [4.69, 9.17) is 0 Å². The van der Waals surface area contributed by atoms with Gasteiger partial charge in [-0.05, 0) is 78.0 Å². The Bertz CT molecular complexity index is 1680. The maximum absolute atomic E-state index is 14.2. The second-order valence-corrected chi connectivity index (χ2v) is 10.9. The molecule has 5 aromatic rings. The number of nitrogens with one attached hydrogen (secondary N) is 2. The van der Waals surface area contributed by atoms with Gasteiger partial charge >= 0.3 is 6.18 Å². The van der Waals surface area contributed by atoms with Crippen molar-refractivity contribution in [2.24, 2.45) is 0 Å². The lowest BCUT2D eigenvalue weighted by Crippen LogP contribution is -2.28. The van der Waals surface area contributed by atoms with Crippen molar-refractivity contribution < 1.29 is 18.0 Å². The molecule has 4 heterocycles. The molecule has 43 heavy (non-hydrogen) atoms. The molecule has 0 aliphatic rings. The number of amides is 1. The van der Waals surface area contributed by atoms with E-state index in [9.17, 15) is 18.0 Å². The monoisotopic (exact) mass is 602 g/mol. The highest BCUT2D eigenvalue weighted by molar-refractivity contribution is 7.17. The molecule has 11 heteroatoms. The molecule has 0 bridgehead atoms. The number of nitrogens with zero attached hydrogens (tertiary/aromatic N) is 4. The van der Waals surface area contributed by atoms with E-state index in [0.29, 0.717) is 35.6 Å². The van der Waals surface area contributed by atoms with Crippen LogP contribution in [0.1, 0.15) is 58.0 Å². The predicted octanol–water partition coefficient (Wildman–Crippen LogP) is 7.07. The summed E-state index contributed by atoms with van der Waals surface area (Å²) in [7, 11) is 0. The Morgan fingerprint density at radius 3 is 2.44 bits per heavy atom. The fourth-order valence-corrected chi connectivity index (χ4v) is 5.81. The second kappa shape index (κ2) is 13.2. The third-order valence-corrected chi connectivity index (χ3v) is 7.95. The van der Waals surface area contributed by atoms with E-state index in [1.807, 2.05) is 61.5 Å². The molecule has 1 amide bonds. The van der Waals surface area contributed by atoms with Crippen LogP contribution in [0.3, 0.4) is 0 Å². The van der Waals surface area contributed by atoms with Gasteiger partial charge in [-0.3, -0.25) is 19.7 Å². The number of rotatable bonds is 10. The average Bonchev–Trinajstić information content (AvgIpc) is 3.49. The molecular formula is C32H29F3N6OS. The minimum absolute atomic E-state index is 0.0249. The van der Waals surface area contributed by atoms with Gasteiger partial charge in [0.15, 0.2) is 5.69 Å². The molecule has 0 spiro atoms. The van der Waals surface area contributed by atoms with Crippen LogP contribution in [0.4, 0.5) is 13.2 Å². The lowest BCUT2D eigenvalue weighted by molar-refractivity contribution is -0.141. The lowest BCUT2D eigenvalue weighted by atomic mass is 9.98. The molecule has 7 nitrogen and oxygen atoms in total. The summed E-state index contributed by atoms with van der Waals surface area (Å²) in [5, 5.41) is 6.16. The van der Waals surface area contributed by atoms with E-state index in [1.54, 1.807) is 37.8 Å². The maximum Gasteiger partial charge on any atom is 0.435 e. The minimum Gasteiger partial charge on any atom is -0.345 e. The van der Waals surface area contributed by atoms with Gasteiger partial charge in [-0.15, -0.1) is 11.3 Å². The van der Waals surface area contributed by atoms with Gasteiger partial charge in [0.25, 0.3) is 5.91 Å². The van der Waals surface area contributed by atoms with Crippen LogP contribution in [0.5, 0.6) is 0 Å². The molecule has 4 aromatic heterocycles. The highest BCUT2D eigenvalue weighted by atomic mass is 32.1. The van der Waals surface area contributed by atoms with Crippen molar-refractivity contribution in [3.8, 4) is 21.8 Å². The first-order chi connectivity index (χ1) is 20.7. The molecule has 0 fully saturated rings. The largest absolute Gasteiger partial charge is 0.435 e. The first-order valence-electron chi connectivity index (χ1n) is 13.7. The van der Waals surface area contributed by atoms with Crippen LogP contribution in [-0.4, -0.2) is 32.4 Å². The highest BCUT2D eigenvalue weighted by Gasteiger charge is 2.40. The smallest absolute Gasteiger partial charge is 0.345 e. The van der Waals surface area contributed by atoms with Crippen LogP contribution in [0.15, 0.2) is 91.6 Å². The summed E-state index contributed by atoms with van der Waals surface area (Å²) in [5.74, 6) is -0.854. The van der Waals surface area contributed by atoms with Crippen LogP contribution >= 0.6 is 11.3 Å². The Hall–Kier alpha value is -4.48. The molecule has 0 aliphatic carbocycles. The van der Waals surface area contributed by atoms with Crippen molar-refractivity contribution in [1.82, 2.24) is 30.6 Å². The molecule has 220 valence electrons. The van der Waals surface area contributed by atoms with Crippen LogP contribution < -0.4 is 10.6 Å². The van der Waals surface area contributed by atoms with Gasteiger partial charge in [-0.2, -0.15) is 13.2 Å². The fourth-order valence-electron chi connectivity index (χ4n) is 4.80. The quantitative estimate of drug-likeness (QED) is 0.178. The number of benzene rings is 1. The van der Waals surface area contributed by atoms with Crippen LogP contribution in [0.25, 0.3) is 21.8 Å². The maximum atomic E-state index is 14.2. The number of carbonyl (C=O) groups excluding carboxylic acids is 1. The molecule has 1 aromatic carbocycles. The van der Waals surface area contributed by atoms with Gasteiger partial charge in [0.2, 0.25) is 0 Å². The van der Waals surface area contributed by atoms with Crippen LogP contribution in [0, 0.1) is 0 Å². The van der Waals surface area contributed by atoms with E-state index in [-0.39, 0.29) is 11.0 Å². The normalized spacial score (nSPS) is 13.0. The van der Waals surface area contributed by atoms with Crippen molar-refractivity contribution in [2.45, 2.75) is 38.5 Å². The van der Waals surface area contributed by atoms with E-state index in [0.717, 1.165) is 22.3 Å². The Morgan fingerprint density at radius 2 is 1.72 bits per heavy atom. The number of carbonyl (C=O) groups is 1. The Morgan fingerprint density at radius 1 is 0.953 bits per heavy atom. The van der Waals surface area contributed by atoms with E-state index in [1.165, 1.54) is 6.20 Å². The lowest BCUT2D eigenvalue weighted by Gasteiger charge is -2.20. The molecule has 0 saturated carbocycles. The van der Waals surface area contributed by atoms with Crippen molar-refractivity contribution in [3.63, 3.8) is 0 Å². The van der Waals surface area contributed by atoms with Gasteiger partial charge in [0.1, 0.15) is 15.6 Å². The highest BCUT2D eigenvalue weighted by Crippen LogP contribution is 2.39. The zero-order chi connectivity index (χ0) is 30.4. The van der Waals surface area contributed by atoms with Gasteiger partial charge in [-0.1, -0.05) is 37.3 Å². The Kier molecular flexibility index (Phi) is 9.22. The third-order valence-electron chi connectivity index (χ3n) is 6.89. The number of hydrogen-bond acceptors (Lipinski definition) is 7. The van der Waals surface area contributed by atoms with Gasteiger partial charge in [-0.25, -0.2) is 4.98 Å². The standard InChI is InChI=1S/C32H29F3N6OS/c1-3-38-26(17-21-11-15-36-16-12-21)25-10-6-14-39-27(25)31-41-29(32(33,34)35)28(43-31)30(42)40-20(2)22-7-4-8-23(18-22)24-9-5-13-37-19-24/h4-16,18-20,26,38H,3,17H2,1-2H3,(H,40,42)/t20-,26?/m0/s1. The summed E-state index contributed by atoms with van der Waals surface area (Å²) in [5.41, 5.74) is 3.28. The summed E-state index contributed by atoms with van der Waals surface area (Å²) in [6.07, 6.45) is 4.03. The minimum atomic E-state index is -4.84. The number of hydrogen-bond donors (Lipinski definition) is 2. The van der Waals surface area contributed by atoms with E-state index in [2.05, 4.69) is 30.6 Å². The molecule has 2 N–H and O–H groups in total. The molecule has 5 rings (SSSR count).